The van der Waals surface area contributed by atoms with E-state index in [0.29, 0.717) is 12.6 Å². The standard InChI is InChI=1S/C21H29N3O3/c1-2-26-21(25)24-12-10-23(11-13-24)18-7-5-9-22(15-18)16-19-14-17-6-3-4-8-20(17)27-19/h3-4,6,8,14,18H,2,5,7,9-13,15-16H2,1H3/t18-/m1/s1. The molecule has 0 saturated carbocycles. The summed E-state index contributed by atoms with van der Waals surface area (Å²) in [7, 11) is 0. The van der Waals surface area contributed by atoms with Crippen LogP contribution >= 0.6 is 0 Å². The maximum atomic E-state index is 11.9. The Labute approximate surface area is 160 Å². The number of ether oxygens (including phenoxy) is 1. The van der Waals surface area contributed by atoms with Crippen LogP contribution in [0.15, 0.2) is 34.7 Å². The molecule has 1 aromatic heterocycles. The lowest BCUT2D eigenvalue weighted by atomic mass is 10.0. The van der Waals surface area contributed by atoms with Crippen LogP contribution in [0, 0.1) is 0 Å². The van der Waals surface area contributed by atoms with Gasteiger partial charge in [-0.1, -0.05) is 18.2 Å². The van der Waals surface area contributed by atoms with Gasteiger partial charge in [-0.2, -0.15) is 0 Å². The van der Waals surface area contributed by atoms with Gasteiger partial charge in [-0.15, -0.1) is 0 Å². The van der Waals surface area contributed by atoms with Gasteiger partial charge >= 0.3 is 6.09 Å². The largest absolute Gasteiger partial charge is 0.460 e. The van der Waals surface area contributed by atoms with Crippen molar-refractivity contribution in [3.05, 3.63) is 36.1 Å². The number of piperidine rings is 1. The zero-order chi connectivity index (χ0) is 18.6. The fraction of sp³-hybridized carbons (Fsp3) is 0.571. The summed E-state index contributed by atoms with van der Waals surface area (Å²) in [5.74, 6) is 1.05. The number of hydrogen-bond acceptors (Lipinski definition) is 5. The summed E-state index contributed by atoms with van der Waals surface area (Å²) in [5.41, 5.74) is 0.969. The van der Waals surface area contributed by atoms with E-state index in [-0.39, 0.29) is 6.09 Å². The van der Waals surface area contributed by atoms with Gasteiger partial charge in [0.05, 0.1) is 13.2 Å². The van der Waals surface area contributed by atoms with E-state index in [9.17, 15) is 4.79 Å². The first-order chi connectivity index (χ1) is 13.2. The number of carbonyl (C=O) groups excluding carboxylic acids is 1. The van der Waals surface area contributed by atoms with Gasteiger partial charge in [0.25, 0.3) is 0 Å². The number of benzene rings is 1. The number of rotatable bonds is 4. The third-order valence-corrected chi connectivity index (χ3v) is 5.69. The Bertz CT molecular complexity index is 734. The number of hydrogen-bond donors (Lipinski definition) is 0. The number of piperazine rings is 1. The van der Waals surface area contributed by atoms with Gasteiger partial charge in [0, 0.05) is 44.2 Å². The average molecular weight is 371 g/mol. The molecule has 146 valence electrons. The molecule has 1 amide bonds. The highest BCUT2D eigenvalue weighted by Crippen LogP contribution is 2.23. The van der Waals surface area contributed by atoms with E-state index in [0.717, 1.165) is 57.2 Å². The Morgan fingerprint density at radius 3 is 2.78 bits per heavy atom. The van der Waals surface area contributed by atoms with Crippen LogP contribution in [0.5, 0.6) is 0 Å². The van der Waals surface area contributed by atoms with E-state index >= 15 is 0 Å². The van der Waals surface area contributed by atoms with E-state index in [2.05, 4.69) is 28.0 Å². The van der Waals surface area contributed by atoms with Gasteiger partial charge in [-0.25, -0.2) is 4.79 Å². The van der Waals surface area contributed by atoms with Crippen molar-refractivity contribution in [2.45, 2.75) is 32.4 Å². The van der Waals surface area contributed by atoms with Gasteiger partial charge in [-0.3, -0.25) is 9.80 Å². The van der Waals surface area contributed by atoms with Crippen LogP contribution in [-0.2, 0) is 11.3 Å². The van der Waals surface area contributed by atoms with E-state index in [1.807, 2.05) is 24.0 Å². The van der Waals surface area contributed by atoms with Gasteiger partial charge in [-0.05, 0) is 38.4 Å². The molecule has 3 heterocycles. The monoisotopic (exact) mass is 371 g/mol. The molecule has 4 rings (SSSR count). The Balaban J connectivity index is 1.31. The molecular weight excluding hydrogens is 342 g/mol. The van der Waals surface area contributed by atoms with Crippen LogP contribution < -0.4 is 0 Å². The van der Waals surface area contributed by atoms with E-state index in [1.54, 1.807) is 0 Å². The number of para-hydroxylation sites is 1. The molecule has 2 aliphatic rings. The Morgan fingerprint density at radius 1 is 1.19 bits per heavy atom. The lowest BCUT2D eigenvalue weighted by molar-refractivity contribution is 0.0400. The van der Waals surface area contributed by atoms with Crippen molar-refractivity contribution in [1.29, 1.82) is 0 Å². The van der Waals surface area contributed by atoms with Crippen molar-refractivity contribution in [2.75, 3.05) is 45.9 Å². The van der Waals surface area contributed by atoms with Crippen molar-refractivity contribution in [3.63, 3.8) is 0 Å². The topological polar surface area (TPSA) is 49.2 Å². The van der Waals surface area contributed by atoms with Gasteiger partial charge < -0.3 is 14.1 Å². The van der Waals surface area contributed by atoms with Crippen molar-refractivity contribution in [1.82, 2.24) is 14.7 Å². The van der Waals surface area contributed by atoms with Crippen LogP contribution in [0.25, 0.3) is 11.0 Å². The molecule has 0 radical (unpaired) electrons. The molecule has 27 heavy (non-hydrogen) atoms. The summed E-state index contributed by atoms with van der Waals surface area (Å²) in [6.07, 6.45) is 2.27. The SMILES string of the molecule is CCOC(=O)N1CCN([C@@H]2CCCN(Cc3cc4ccccc4o3)C2)CC1. The molecule has 0 aliphatic carbocycles. The zero-order valence-electron chi connectivity index (χ0n) is 16.1. The molecule has 1 aromatic carbocycles. The summed E-state index contributed by atoms with van der Waals surface area (Å²) in [5, 5.41) is 1.18. The molecule has 2 fully saturated rings. The number of furan rings is 1. The minimum atomic E-state index is -0.174. The Kier molecular flexibility index (Phi) is 5.64. The normalized spacial score (nSPS) is 22.3. The summed E-state index contributed by atoms with van der Waals surface area (Å²) < 4.78 is 11.1. The molecule has 2 aliphatic heterocycles. The first-order valence-corrected chi connectivity index (χ1v) is 10.1. The predicted octanol–water partition coefficient (Wildman–Crippen LogP) is 3.17. The second kappa shape index (κ2) is 8.31. The molecule has 2 saturated heterocycles. The fourth-order valence-corrected chi connectivity index (χ4v) is 4.29. The van der Waals surface area contributed by atoms with Gasteiger partial charge in [0.1, 0.15) is 11.3 Å². The molecule has 2 aromatic rings. The van der Waals surface area contributed by atoms with Crippen LogP contribution in [0.4, 0.5) is 4.79 Å². The quantitative estimate of drug-likeness (QED) is 0.826. The maximum Gasteiger partial charge on any atom is 0.409 e. The molecule has 1 atom stereocenters. The number of fused-ring (bicyclic) bond motifs is 1. The summed E-state index contributed by atoms with van der Waals surface area (Å²) in [6, 6.07) is 10.9. The molecule has 6 heteroatoms. The minimum Gasteiger partial charge on any atom is -0.460 e. The summed E-state index contributed by atoms with van der Waals surface area (Å²) >= 11 is 0. The van der Waals surface area contributed by atoms with Crippen molar-refractivity contribution >= 4 is 17.1 Å². The third kappa shape index (κ3) is 4.28. The summed E-state index contributed by atoms with van der Waals surface area (Å²) in [4.78, 5) is 18.8. The van der Waals surface area contributed by atoms with Gasteiger partial charge in [0.2, 0.25) is 0 Å². The fourth-order valence-electron chi connectivity index (χ4n) is 4.29. The summed E-state index contributed by atoms with van der Waals surface area (Å²) in [6.45, 7) is 8.74. The number of amides is 1. The van der Waals surface area contributed by atoms with E-state index in [4.69, 9.17) is 9.15 Å². The average Bonchev–Trinajstić information content (AvgIpc) is 3.11. The zero-order valence-corrected chi connectivity index (χ0v) is 16.1. The minimum absolute atomic E-state index is 0.174. The number of nitrogens with zero attached hydrogens (tertiary/aromatic N) is 3. The first kappa shape index (κ1) is 18.3. The predicted molar refractivity (Wildman–Crippen MR) is 105 cm³/mol. The highest BCUT2D eigenvalue weighted by atomic mass is 16.6. The highest BCUT2D eigenvalue weighted by Gasteiger charge is 2.30. The van der Waals surface area contributed by atoms with Crippen molar-refractivity contribution in [2.24, 2.45) is 0 Å². The first-order valence-electron chi connectivity index (χ1n) is 10.1. The van der Waals surface area contributed by atoms with E-state index in [1.165, 1.54) is 18.2 Å². The smallest absolute Gasteiger partial charge is 0.409 e. The second-order valence-electron chi connectivity index (χ2n) is 7.50. The van der Waals surface area contributed by atoms with Crippen LogP contribution in [0.1, 0.15) is 25.5 Å². The molecule has 0 N–H and O–H groups in total. The molecule has 0 unspecified atom stereocenters. The highest BCUT2D eigenvalue weighted by molar-refractivity contribution is 5.77. The Morgan fingerprint density at radius 2 is 2.00 bits per heavy atom. The van der Waals surface area contributed by atoms with Crippen molar-refractivity contribution in [3.8, 4) is 0 Å². The molecule has 6 nitrogen and oxygen atoms in total. The lowest BCUT2D eigenvalue weighted by Crippen LogP contribution is -2.55. The molecule has 0 bridgehead atoms. The van der Waals surface area contributed by atoms with Crippen molar-refractivity contribution < 1.29 is 13.9 Å². The number of likely N-dealkylation sites (tertiary alicyclic amines) is 1. The second-order valence-corrected chi connectivity index (χ2v) is 7.50. The molecular formula is C21H29N3O3. The third-order valence-electron chi connectivity index (χ3n) is 5.69. The number of carbonyl (C=O) groups is 1. The maximum absolute atomic E-state index is 11.9. The van der Waals surface area contributed by atoms with Gasteiger partial charge in [0.15, 0.2) is 0 Å². The van der Waals surface area contributed by atoms with Crippen LogP contribution in [0.3, 0.4) is 0 Å². The lowest BCUT2D eigenvalue weighted by Gasteiger charge is -2.43. The Hall–Kier alpha value is -2.05. The van der Waals surface area contributed by atoms with Crippen LogP contribution in [0.2, 0.25) is 0 Å². The molecule has 0 spiro atoms. The van der Waals surface area contributed by atoms with Crippen LogP contribution in [-0.4, -0.2) is 72.7 Å². The van der Waals surface area contributed by atoms with E-state index < -0.39 is 0 Å².